The first-order valence-electron chi connectivity index (χ1n) is 13.4. The monoisotopic (exact) mass is 529 g/mol. The summed E-state index contributed by atoms with van der Waals surface area (Å²) in [6, 6.07) is -0.748. The second kappa shape index (κ2) is 19.1. The van der Waals surface area contributed by atoms with Crippen molar-refractivity contribution >= 4 is 11.8 Å². The van der Waals surface area contributed by atoms with Gasteiger partial charge in [0.25, 0.3) is 0 Å². The number of carbonyl (C=O) groups is 2. The van der Waals surface area contributed by atoms with Crippen LogP contribution in [0.15, 0.2) is 10.4 Å². The van der Waals surface area contributed by atoms with Crippen LogP contribution in [-0.2, 0) is 14.3 Å². The molecule has 0 aliphatic heterocycles. The van der Waals surface area contributed by atoms with Crippen molar-refractivity contribution in [1.82, 2.24) is 26.2 Å². The third-order valence-electron chi connectivity index (χ3n) is 6.67. The Kier molecular flexibility index (Phi) is 18.1. The van der Waals surface area contributed by atoms with Gasteiger partial charge in [0.15, 0.2) is 0 Å². The van der Waals surface area contributed by atoms with Gasteiger partial charge in [0.05, 0.1) is 6.61 Å². The summed E-state index contributed by atoms with van der Waals surface area (Å²) >= 11 is 0. The van der Waals surface area contributed by atoms with Gasteiger partial charge in [-0.2, -0.15) is 9.81 Å². The molecule has 12 heteroatoms. The van der Waals surface area contributed by atoms with Crippen LogP contribution in [0.2, 0.25) is 0 Å². The van der Waals surface area contributed by atoms with Crippen molar-refractivity contribution in [2.75, 3.05) is 59.0 Å². The number of nitroso groups, excluding NO2 is 2. The summed E-state index contributed by atoms with van der Waals surface area (Å²) in [5, 5.41) is 18.7. The Morgan fingerprint density at radius 2 is 1.19 bits per heavy atom. The van der Waals surface area contributed by atoms with Gasteiger partial charge in [-0.3, -0.25) is 14.5 Å². The smallest absolute Gasteiger partial charge is 0.220 e. The maximum atomic E-state index is 12.2. The number of ether oxygens (including phenoxy) is 1. The Balaban J connectivity index is 4.59. The Bertz CT molecular complexity index is 644. The number of hydrogen-bond acceptors (Lipinski definition) is 10. The molecule has 2 amide bonds. The molecule has 0 aliphatic rings. The van der Waals surface area contributed by atoms with Gasteiger partial charge >= 0.3 is 0 Å². The van der Waals surface area contributed by atoms with Gasteiger partial charge < -0.3 is 26.0 Å². The molecule has 4 N–H and O–H groups in total. The number of nitrogens with zero attached hydrogens (tertiary/aromatic N) is 3. The maximum Gasteiger partial charge on any atom is 0.220 e. The highest BCUT2D eigenvalue weighted by Crippen LogP contribution is 2.12. The molecule has 12 nitrogen and oxygen atoms in total. The van der Waals surface area contributed by atoms with Gasteiger partial charge in [-0.15, -0.1) is 0 Å². The van der Waals surface area contributed by atoms with E-state index in [0.29, 0.717) is 59.0 Å². The van der Waals surface area contributed by atoms with Gasteiger partial charge in [-0.1, -0.05) is 17.3 Å². The molecule has 2 atom stereocenters. The van der Waals surface area contributed by atoms with Crippen molar-refractivity contribution in [3.8, 4) is 0 Å². The highest BCUT2D eigenvalue weighted by Gasteiger charge is 2.27. The lowest BCUT2D eigenvalue weighted by atomic mass is 9.97. The molecule has 0 spiro atoms. The van der Waals surface area contributed by atoms with E-state index in [-0.39, 0.29) is 36.7 Å². The minimum absolute atomic E-state index is 0.125. The molecule has 0 rings (SSSR count). The van der Waals surface area contributed by atoms with E-state index in [0.717, 1.165) is 6.42 Å². The topological polar surface area (TPSA) is 154 Å². The number of nitrogens with one attached hydrogen (secondary N) is 4. The predicted molar refractivity (Wildman–Crippen MR) is 147 cm³/mol. The van der Waals surface area contributed by atoms with Gasteiger partial charge in [0.1, 0.15) is 12.1 Å². The van der Waals surface area contributed by atoms with Crippen molar-refractivity contribution in [2.24, 2.45) is 10.4 Å². The van der Waals surface area contributed by atoms with Crippen LogP contribution < -0.4 is 21.3 Å². The highest BCUT2D eigenvalue weighted by molar-refractivity contribution is 5.83. The second-order valence-corrected chi connectivity index (χ2v) is 10.5. The van der Waals surface area contributed by atoms with Gasteiger partial charge in [-0.25, -0.2) is 0 Å². The van der Waals surface area contributed by atoms with E-state index in [1.165, 1.54) is 0 Å². The predicted octanol–water partition coefficient (Wildman–Crippen LogP) is 1.77. The first-order valence-corrected chi connectivity index (χ1v) is 13.4. The summed E-state index contributed by atoms with van der Waals surface area (Å²) < 4.78 is 5.32. The number of carbonyl (C=O) groups excluding carboxylic acids is 2. The van der Waals surface area contributed by atoms with E-state index in [1.807, 2.05) is 34.6 Å². The summed E-state index contributed by atoms with van der Waals surface area (Å²) in [4.78, 5) is 48.2. The van der Waals surface area contributed by atoms with Crippen LogP contribution in [-0.4, -0.2) is 98.9 Å². The second-order valence-electron chi connectivity index (χ2n) is 10.5. The number of amides is 2. The Labute approximate surface area is 222 Å². The van der Waals surface area contributed by atoms with Gasteiger partial charge in [0.2, 0.25) is 11.8 Å². The van der Waals surface area contributed by atoms with E-state index in [9.17, 15) is 19.4 Å². The molecule has 0 heterocycles. The summed E-state index contributed by atoms with van der Waals surface area (Å²) in [7, 11) is 0. The minimum atomic E-state index is -0.435. The van der Waals surface area contributed by atoms with Crippen molar-refractivity contribution in [1.29, 1.82) is 0 Å². The molecule has 0 saturated heterocycles. The van der Waals surface area contributed by atoms with Crippen LogP contribution in [0, 0.1) is 9.81 Å². The van der Waals surface area contributed by atoms with Crippen molar-refractivity contribution in [3.63, 3.8) is 0 Å². The number of rotatable bonds is 23. The quantitative estimate of drug-likeness (QED) is 0.115. The fourth-order valence-corrected chi connectivity index (χ4v) is 3.23. The van der Waals surface area contributed by atoms with Crippen LogP contribution in [0.4, 0.5) is 0 Å². The molecule has 0 aromatic rings. The Morgan fingerprint density at radius 3 is 1.62 bits per heavy atom. The fraction of sp³-hybridized carbons (Fsp3) is 0.920. The van der Waals surface area contributed by atoms with Crippen LogP contribution in [0.1, 0.15) is 67.7 Å². The molecule has 2 unspecified atom stereocenters. The summed E-state index contributed by atoms with van der Waals surface area (Å²) in [6.45, 7) is 18.6. The van der Waals surface area contributed by atoms with Crippen molar-refractivity contribution < 1.29 is 14.3 Å². The lowest BCUT2D eigenvalue weighted by Gasteiger charge is -2.32. The zero-order valence-corrected chi connectivity index (χ0v) is 24.0. The van der Waals surface area contributed by atoms with Crippen LogP contribution in [0.3, 0.4) is 0 Å². The summed E-state index contributed by atoms with van der Waals surface area (Å²) in [5.74, 6) is -0.343. The average Bonchev–Trinajstić information content (AvgIpc) is 2.85. The van der Waals surface area contributed by atoms with Gasteiger partial charge in [0, 0.05) is 76.3 Å². The summed E-state index contributed by atoms with van der Waals surface area (Å²) in [6.07, 6.45) is 1.19. The molecule has 0 aliphatic carbocycles. The fourth-order valence-electron chi connectivity index (χ4n) is 3.23. The largest absolute Gasteiger partial charge is 0.380 e. The standard InChI is InChI=1S/C25H51N7O5/c1-8-18-37-19-14-27-23(34)10-9-22(33)26-11-15-32(16-12-28-24(4,5)20(2)30-35)17-13-29-25(6,7)21(3)31-36/h20-21,28-29H,8-19H2,1-7H3,(H,26,33)(H,27,34). The van der Waals surface area contributed by atoms with E-state index >= 15 is 0 Å². The lowest BCUT2D eigenvalue weighted by molar-refractivity contribution is -0.126. The van der Waals surface area contributed by atoms with Crippen molar-refractivity contribution in [3.05, 3.63) is 9.81 Å². The SMILES string of the molecule is CCCOCCNC(=O)CCC(=O)NCCN(CCNC(C)(C)C(C)N=O)CCNC(C)(C)C(C)N=O. The molecular formula is C25H51N7O5. The Morgan fingerprint density at radius 1 is 0.757 bits per heavy atom. The molecule has 216 valence electrons. The molecule has 37 heavy (non-hydrogen) atoms. The third-order valence-corrected chi connectivity index (χ3v) is 6.67. The molecular weight excluding hydrogens is 478 g/mol. The molecule has 0 saturated carbocycles. The van der Waals surface area contributed by atoms with E-state index in [2.05, 4.69) is 36.5 Å². The summed E-state index contributed by atoms with van der Waals surface area (Å²) in [5.41, 5.74) is -0.870. The normalized spacial score (nSPS) is 13.7. The zero-order chi connectivity index (χ0) is 28.3. The first kappa shape index (κ1) is 35.0. The maximum absolute atomic E-state index is 12.2. The van der Waals surface area contributed by atoms with Crippen molar-refractivity contribution in [2.45, 2.75) is 90.9 Å². The zero-order valence-electron chi connectivity index (χ0n) is 24.0. The third kappa shape index (κ3) is 16.4. The lowest BCUT2D eigenvalue weighted by Crippen LogP contribution is -2.52. The highest BCUT2D eigenvalue weighted by atomic mass is 16.5. The molecule has 0 bridgehead atoms. The average molecular weight is 530 g/mol. The van der Waals surface area contributed by atoms with Crippen LogP contribution >= 0.6 is 0 Å². The molecule has 0 aromatic carbocycles. The van der Waals surface area contributed by atoms with E-state index in [1.54, 1.807) is 13.8 Å². The van der Waals surface area contributed by atoms with Gasteiger partial charge in [-0.05, 0) is 48.0 Å². The van der Waals surface area contributed by atoms with E-state index in [4.69, 9.17) is 4.74 Å². The van der Waals surface area contributed by atoms with E-state index < -0.39 is 11.1 Å². The minimum Gasteiger partial charge on any atom is -0.380 e. The molecule has 0 aromatic heterocycles. The molecule has 0 fully saturated rings. The molecule has 0 radical (unpaired) electrons. The Hall–Kier alpha value is -2.02. The van der Waals surface area contributed by atoms with Crippen LogP contribution in [0.25, 0.3) is 0 Å². The first-order chi connectivity index (χ1) is 17.4. The van der Waals surface area contributed by atoms with Crippen LogP contribution in [0.5, 0.6) is 0 Å². The number of hydrogen-bond donors (Lipinski definition) is 4.